The first kappa shape index (κ1) is 20.5. The minimum absolute atomic E-state index is 0.222. The van der Waals surface area contributed by atoms with Crippen LogP contribution in [-0.2, 0) is 4.79 Å². The van der Waals surface area contributed by atoms with Crippen molar-refractivity contribution in [3.63, 3.8) is 0 Å². The summed E-state index contributed by atoms with van der Waals surface area (Å²) in [5, 5.41) is 7.97. The van der Waals surface area contributed by atoms with Gasteiger partial charge in [0.1, 0.15) is 17.6 Å². The molecule has 2 aromatic heterocycles. The van der Waals surface area contributed by atoms with E-state index >= 15 is 0 Å². The van der Waals surface area contributed by atoms with Crippen molar-refractivity contribution in [3.05, 3.63) is 80.7 Å². The molecule has 0 atom stereocenters. The van der Waals surface area contributed by atoms with E-state index in [4.69, 9.17) is 13.7 Å². The maximum atomic E-state index is 12.5. The summed E-state index contributed by atoms with van der Waals surface area (Å²) < 4.78 is 17.0. The van der Waals surface area contributed by atoms with Crippen LogP contribution in [0.1, 0.15) is 11.1 Å². The van der Waals surface area contributed by atoms with Crippen LogP contribution in [0.5, 0.6) is 5.75 Å². The Hall–Kier alpha value is -3.72. The number of rotatable bonds is 6. The molecule has 2 aromatic carbocycles. The van der Waals surface area contributed by atoms with Crippen LogP contribution in [-0.4, -0.2) is 23.9 Å². The Labute approximate surface area is 184 Å². The van der Waals surface area contributed by atoms with Crippen LogP contribution >= 0.6 is 15.9 Å². The van der Waals surface area contributed by atoms with Gasteiger partial charge in [0.05, 0.1) is 28.9 Å². The van der Waals surface area contributed by atoms with Gasteiger partial charge in [-0.05, 0) is 37.3 Å². The summed E-state index contributed by atoms with van der Waals surface area (Å²) >= 11 is 3.39. The number of ether oxygens (including phenoxy) is 1. The molecule has 0 saturated carbocycles. The third-order valence-electron chi connectivity index (χ3n) is 4.35. The second-order valence-corrected chi connectivity index (χ2v) is 7.53. The third-order valence-corrected chi connectivity index (χ3v) is 4.84. The molecule has 0 spiro atoms. The van der Waals surface area contributed by atoms with Gasteiger partial charge in [-0.25, -0.2) is 5.43 Å². The maximum absolute atomic E-state index is 12.5. The second kappa shape index (κ2) is 8.97. The number of nitrogens with zero attached hydrogens (tertiary/aromatic N) is 2. The van der Waals surface area contributed by atoms with Crippen LogP contribution in [0.15, 0.2) is 78.2 Å². The van der Waals surface area contributed by atoms with Crippen molar-refractivity contribution in [2.24, 2.45) is 5.10 Å². The molecule has 1 N–H and O–H groups in total. The van der Waals surface area contributed by atoms with E-state index in [9.17, 15) is 9.59 Å². The molecule has 0 saturated heterocycles. The van der Waals surface area contributed by atoms with Gasteiger partial charge >= 0.3 is 0 Å². The van der Waals surface area contributed by atoms with Crippen molar-refractivity contribution in [1.29, 1.82) is 0 Å². The average molecular weight is 482 g/mol. The van der Waals surface area contributed by atoms with E-state index in [-0.39, 0.29) is 17.6 Å². The van der Waals surface area contributed by atoms with E-state index < -0.39 is 5.91 Å². The molecule has 0 aliphatic rings. The summed E-state index contributed by atoms with van der Waals surface area (Å²) in [6.45, 7) is 1.60. The van der Waals surface area contributed by atoms with E-state index in [0.717, 1.165) is 10.0 Å². The predicted molar refractivity (Wildman–Crippen MR) is 118 cm³/mol. The first-order valence-electron chi connectivity index (χ1n) is 9.19. The summed E-state index contributed by atoms with van der Waals surface area (Å²) in [5.41, 5.74) is 4.40. The van der Waals surface area contributed by atoms with Crippen LogP contribution < -0.4 is 15.6 Å². The highest BCUT2D eigenvalue weighted by Crippen LogP contribution is 2.32. The van der Waals surface area contributed by atoms with E-state index in [0.29, 0.717) is 28.0 Å². The maximum Gasteiger partial charge on any atom is 0.277 e. The molecule has 1 amide bonds. The molecule has 2 heterocycles. The summed E-state index contributed by atoms with van der Waals surface area (Å²) in [6, 6.07) is 12.3. The SMILES string of the molecule is Cc1ccc2occ(/C=N\NC(=O)COc3ccc(Br)cc3-c3ccno3)c(=O)c2c1. The van der Waals surface area contributed by atoms with Gasteiger partial charge in [0, 0.05) is 10.5 Å². The first-order valence-corrected chi connectivity index (χ1v) is 9.98. The monoisotopic (exact) mass is 481 g/mol. The Balaban J connectivity index is 1.42. The van der Waals surface area contributed by atoms with Crippen molar-refractivity contribution in [1.82, 2.24) is 10.6 Å². The highest BCUT2D eigenvalue weighted by atomic mass is 79.9. The normalized spacial score (nSPS) is 11.2. The zero-order valence-corrected chi connectivity index (χ0v) is 17.9. The van der Waals surface area contributed by atoms with Gasteiger partial charge in [0.15, 0.2) is 12.4 Å². The lowest BCUT2D eigenvalue weighted by Crippen LogP contribution is -2.25. The summed E-state index contributed by atoms with van der Waals surface area (Å²) in [7, 11) is 0. The molecule has 156 valence electrons. The Bertz CT molecular complexity index is 1330. The third kappa shape index (κ3) is 4.72. The number of carbonyl (C=O) groups excluding carboxylic acids is 1. The topological polar surface area (TPSA) is 107 Å². The Morgan fingerprint density at radius 3 is 2.94 bits per heavy atom. The van der Waals surface area contributed by atoms with Gasteiger partial charge in [0.25, 0.3) is 5.91 Å². The largest absolute Gasteiger partial charge is 0.483 e. The molecular formula is C22H16BrN3O5. The lowest BCUT2D eigenvalue weighted by Gasteiger charge is -2.09. The van der Waals surface area contributed by atoms with Crippen LogP contribution in [0.2, 0.25) is 0 Å². The van der Waals surface area contributed by atoms with Gasteiger partial charge in [-0.15, -0.1) is 0 Å². The summed E-state index contributed by atoms with van der Waals surface area (Å²) in [6.07, 6.45) is 4.06. The number of carbonyl (C=O) groups is 1. The number of fused-ring (bicyclic) bond motifs is 1. The fourth-order valence-corrected chi connectivity index (χ4v) is 3.23. The molecule has 0 fully saturated rings. The molecule has 0 unspecified atom stereocenters. The standard InChI is InChI=1S/C22H16BrN3O5/c1-13-2-4-19-17(8-13)22(28)14(11-29-19)10-24-26-21(27)12-30-18-5-3-15(23)9-16(18)20-6-7-25-31-20/h2-11H,12H2,1H3,(H,26,27)/b24-10-. The molecule has 4 aromatic rings. The predicted octanol–water partition coefficient (Wildman–Crippen LogP) is 4.05. The van der Waals surface area contributed by atoms with E-state index in [1.54, 1.807) is 36.4 Å². The number of aromatic nitrogens is 1. The van der Waals surface area contributed by atoms with Crippen molar-refractivity contribution in [3.8, 4) is 17.1 Å². The zero-order chi connectivity index (χ0) is 21.8. The summed E-state index contributed by atoms with van der Waals surface area (Å²) in [5.74, 6) is 0.460. The number of halogens is 1. The van der Waals surface area contributed by atoms with Gasteiger partial charge in [-0.2, -0.15) is 5.10 Å². The number of hydrazone groups is 1. The quantitative estimate of drug-likeness (QED) is 0.328. The van der Waals surface area contributed by atoms with Crippen molar-refractivity contribution in [2.75, 3.05) is 6.61 Å². The lowest BCUT2D eigenvalue weighted by atomic mass is 10.1. The van der Waals surface area contributed by atoms with Crippen molar-refractivity contribution < 1.29 is 18.5 Å². The number of hydrogen-bond acceptors (Lipinski definition) is 7. The number of hydrogen-bond donors (Lipinski definition) is 1. The summed E-state index contributed by atoms with van der Waals surface area (Å²) in [4.78, 5) is 24.7. The first-order chi connectivity index (χ1) is 15.0. The zero-order valence-electron chi connectivity index (χ0n) is 16.3. The molecule has 0 radical (unpaired) electrons. The highest BCUT2D eigenvalue weighted by Gasteiger charge is 2.12. The van der Waals surface area contributed by atoms with Gasteiger partial charge in [0.2, 0.25) is 5.43 Å². The Morgan fingerprint density at radius 2 is 2.13 bits per heavy atom. The molecule has 0 aliphatic heterocycles. The molecule has 0 aliphatic carbocycles. The molecule has 31 heavy (non-hydrogen) atoms. The Kier molecular flexibility index (Phi) is 5.94. The van der Waals surface area contributed by atoms with Crippen LogP contribution in [0, 0.1) is 6.92 Å². The van der Waals surface area contributed by atoms with Crippen LogP contribution in [0.25, 0.3) is 22.3 Å². The Morgan fingerprint density at radius 1 is 1.26 bits per heavy atom. The van der Waals surface area contributed by atoms with E-state index in [2.05, 4.69) is 31.6 Å². The van der Waals surface area contributed by atoms with Gasteiger partial charge < -0.3 is 13.7 Å². The number of benzene rings is 2. The number of aryl methyl sites for hydroxylation is 1. The molecule has 8 nitrogen and oxygen atoms in total. The fraction of sp³-hybridized carbons (Fsp3) is 0.0909. The number of nitrogens with one attached hydrogen (secondary N) is 1. The number of amides is 1. The molecular weight excluding hydrogens is 466 g/mol. The molecule has 4 rings (SSSR count). The molecule has 0 bridgehead atoms. The van der Waals surface area contributed by atoms with Crippen molar-refractivity contribution in [2.45, 2.75) is 6.92 Å². The van der Waals surface area contributed by atoms with Crippen LogP contribution in [0.4, 0.5) is 0 Å². The van der Waals surface area contributed by atoms with Gasteiger partial charge in [-0.3, -0.25) is 9.59 Å². The molecule has 9 heteroatoms. The lowest BCUT2D eigenvalue weighted by molar-refractivity contribution is -0.123. The fourth-order valence-electron chi connectivity index (χ4n) is 2.87. The van der Waals surface area contributed by atoms with E-state index in [1.807, 2.05) is 13.0 Å². The smallest absolute Gasteiger partial charge is 0.277 e. The minimum atomic E-state index is -0.497. The highest BCUT2D eigenvalue weighted by molar-refractivity contribution is 9.10. The van der Waals surface area contributed by atoms with E-state index in [1.165, 1.54) is 18.7 Å². The average Bonchev–Trinajstić information content (AvgIpc) is 3.29. The van der Waals surface area contributed by atoms with Gasteiger partial charge in [-0.1, -0.05) is 32.7 Å². The van der Waals surface area contributed by atoms with Crippen molar-refractivity contribution >= 4 is 39.0 Å². The second-order valence-electron chi connectivity index (χ2n) is 6.62. The minimum Gasteiger partial charge on any atom is -0.483 e. The van der Waals surface area contributed by atoms with Crippen LogP contribution in [0.3, 0.4) is 0 Å².